The Balaban J connectivity index is 1.60. The fraction of sp³-hybridized carbons (Fsp3) is 0.118. The number of aromatic nitrogens is 1. The molecule has 0 atom stereocenters. The Labute approximate surface area is 143 Å². The van der Waals surface area contributed by atoms with Gasteiger partial charge in [-0.3, -0.25) is 4.79 Å². The van der Waals surface area contributed by atoms with E-state index in [1.54, 1.807) is 13.3 Å². The number of nitrogen functional groups attached to an aromatic ring is 1. The molecule has 1 amide bonds. The molecule has 3 aromatic rings. The van der Waals surface area contributed by atoms with E-state index in [1.165, 1.54) is 11.3 Å². The lowest BCUT2D eigenvalue weighted by Gasteiger charge is -2.01. The predicted molar refractivity (Wildman–Crippen MR) is 96.5 cm³/mol. The number of methoxy groups -OCH3 is 1. The highest BCUT2D eigenvalue weighted by Crippen LogP contribution is 2.24. The Morgan fingerprint density at radius 2 is 2.25 bits per heavy atom. The van der Waals surface area contributed by atoms with Crippen LogP contribution in [-0.4, -0.2) is 24.2 Å². The Morgan fingerprint density at radius 3 is 3.08 bits per heavy atom. The van der Waals surface area contributed by atoms with Crippen LogP contribution in [0.15, 0.2) is 47.6 Å². The van der Waals surface area contributed by atoms with Gasteiger partial charge in [0.15, 0.2) is 5.13 Å². The van der Waals surface area contributed by atoms with Crippen molar-refractivity contribution in [3.63, 3.8) is 0 Å². The molecule has 0 saturated carbocycles. The van der Waals surface area contributed by atoms with Gasteiger partial charge in [-0.1, -0.05) is 29.5 Å². The highest BCUT2D eigenvalue weighted by atomic mass is 32.1. The summed E-state index contributed by atoms with van der Waals surface area (Å²) in [6, 6.07) is 13.1. The van der Waals surface area contributed by atoms with Gasteiger partial charge in [-0.15, -0.1) is 0 Å². The standard InChI is InChI=1S/C17H16N4O2S/c1-23-13-4-2-3-12(7-13)10-19-21-16(22)9-11-5-6-14-15(8-11)24-17(18)20-14/h2-8,10H,9H2,1H3,(H2,18,20)(H,21,22)/b19-10-. The van der Waals surface area contributed by atoms with Gasteiger partial charge in [0.2, 0.25) is 5.91 Å². The van der Waals surface area contributed by atoms with Crippen LogP contribution in [0.5, 0.6) is 5.75 Å². The first-order valence-corrected chi connectivity index (χ1v) is 8.06. The van der Waals surface area contributed by atoms with E-state index in [1.807, 2.05) is 42.5 Å². The lowest BCUT2D eigenvalue weighted by atomic mass is 10.1. The molecule has 0 radical (unpaired) electrons. The van der Waals surface area contributed by atoms with Crippen LogP contribution >= 0.6 is 11.3 Å². The van der Waals surface area contributed by atoms with Crippen molar-refractivity contribution in [2.45, 2.75) is 6.42 Å². The summed E-state index contributed by atoms with van der Waals surface area (Å²) >= 11 is 1.41. The van der Waals surface area contributed by atoms with Crippen LogP contribution in [0.4, 0.5) is 5.13 Å². The number of nitrogens with zero attached hydrogens (tertiary/aromatic N) is 2. The second-order valence-electron chi connectivity index (χ2n) is 5.10. The molecule has 0 spiro atoms. The normalized spacial score (nSPS) is 11.0. The SMILES string of the molecule is COc1cccc(/C=N\NC(=O)Cc2ccc3nc(N)sc3c2)c1. The Kier molecular flexibility index (Phi) is 4.72. The summed E-state index contributed by atoms with van der Waals surface area (Å²) in [5.41, 5.74) is 10.8. The van der Waals surface area contributed by atoms with Crippen LogP contribution in [0.1, 0.15) is 11.1 Å². The summed E-state index contributed by atoms with van der Waals surface area (Å²) in [6.45, 7) is 0. The van der Waals surface area contributed by atoms with Crippen molar-refractivity contribution < 1.29 is 9.53 Å². The minimum absolute atomic E-state index is 0.189. The highest BCUT2D eigenvalue weighted by Gasteiger charge is 2.06. The molecule has 0 aliphatic carbocycles. The van der Waals surface area contributed by atoms with Gasteiger partial charge in [-0.05, 0) is 35.4 Å². The third-order valence-corrected chi connectivity index (χ3v) is 4.18. The molecular weight excluding hydrogens is 324 g/mol. The van der Waals surface area contributed by atoms with Crippen molar-refractivity contribution in [3.8, 4) is 5.75 Å². The second kappa shape index (κ2) is 7.10. The van der Waals surface area contributed by atoms with Crippen molar-refractivity contribution in [1.29, 1.82) is 0 Å². The van der Waals surface area contributed by atoms with E-state index in [-0.39, 0.29) is 12.3 Å². The van der Waals surface area contributed by atoms with E-state index >= 15 is 0 Å². The van der Waals surface area contributed by atoms with Crippen molar-refractivity contribution in [2.75, 3.05) is 12.8 Å². The van der Waals surface area contributed by atoms with Crippen LogP contribution in [-0.2, 0) is 11.2 Å². The number of fused-ring (bicyclic) bond motifs is 1. The molecule has 3 rings (SSSR count). The number of hydrogen-bond acceptors (Lipinski definition) is 6. The molecule has 0 fully saturated rings. The molecule has 1 heterocycles. The Morgan fingerprint density at radius 1 is 1.38 bits per heavy atom. The topological polar surface area (TPSA) is 89.6 Å². The Hall–Kier alpha value is -2.93. The lowest BCUT2D eigenvalue weighted by Crippen LogP contribution is -2.19. The van der Waals surface area contributed by atoms with E-state index in [4.69, 9.17) is 10.5 Å². The van der Waals surface area contributed by atoms with Crippen LogP contribution in [0.2, 0.25) is 0 Å². The van der Waals surface area contributed by atoms with Crippen molar-refractivity contribution >= 4 is 38.8 Å². The first-order chi connectivity index (χ1) is 11.6. The Bertz CT molecular complexity index is 904. The number of rotatable bonds is 5. The van der Waals surface area contributed by atoms with Gasteiger partial charge >= 0.3 is 0 Å². The van der Waals surface area contributed by atoms with E-state index in [9.17, 15) is 4.79 Å². The number of hydrogen-bond donors (Lipinski definition) is 2. The lowest BCUT2D eigenvalue weighted by molar-refractivity contribution is -0.120. The molecule has 0 aliphatic heterocycles. The minimum Gasteiger partial charge on any atom is -0.497 e. The van der Waals surface area contributed by atoms with Crippen LogP contribution in [0, 0.1) is 0 Å². The number of nitrogens with two attached hydrogens (primary N) is 1. The number of anilines is 1. The number of carbonyl (C=O) groups is 1. The summed E-state index contributed by atoms with van der Waals surface area (Å²) in [5, 5.41) is 4.49. The van der Waals surface area contributed by atoms with Gasteiger partial charge in [-0.2, -0.15) is 5.10 Å². The molecule has 122 valence electrons. The van der Waals surface area contributed by atoms with Crippen molar-refractivity contribution in [1.82, 2.24) is 10.4 Å². The van der Waals surface area contributed by atoms with Gasteiger partial charge < -0.3 is 10.5 Å². The first kappa shape index (κ1) is 15.9. The maximum Gasteiger partial charge on any atom is 0.244 e. The second-order valence-corrected chi connectivity index (χ2v) is 6.16. The quantitative estimate of drug-likeness (QED) is 0.552. The number of carbonyl (C=O) groups excluding carboxylic acids is 1. The fourth-order valence-corrected chi connectivity index (χ4v) is 3.02. The average Bonchev–Trinajstić information content (AvgIpc) is 2.94. The summed E-state index contributed by atoms with van der Waals surface area (Å²) in [7, 11) is 1.60. The number of thiazole rings is 1. The van der Waals surface area contributed by atoms with Crippen molar-refractivity contribution in [3.05, 3.63) is 53.6 Å². The highest BCUT2D eigenvalue weighted by molar-refractivity contribution is 7.22. The maximum atomic E-state index is 12.0. The molecule has 24 heavy (non-hydrogen) atoms. The van der Waals surface area contributed by atoms with E-state index in [0.717, 1.165) is 27.1 Å². The van der Waals surface area contributed by atoms with Gasteiger partial charge in [0.05, 0.1) is 30.0 Å². The van der Waals surface area contributed by atoms with Gasteiger partial charge in [-0.25, -0.2) is 10.4 Å². The van der Waals surface area contributed by atoms with Crippen LogP contribution in [0.3, 0.4) is 0 Å². The zero-order valence-electron chi connectivity index (χ0n) is 13.0. The van der Waals surface area contributed by atoms with E-state index in [0.29, 0.717) is 5.13 Å². The molecule has 0 bridgehead atoms. The van der Waals surface area contributed by atoms with Gasteiger partial charge in [0.25, 0.3) is 0 Å². The summed E-state index contributed by atoms with van der Waals surface area (Å²) in [5.74, 6) is 0.549. The molecule has 0 unspecified atom stereocenters. The largest absolute Gasteiger partial charge is 0.497 e. The fourth-order valence-electron chi connectivity index (χ4n) is 2.22. The average molecular weight is 340 g/mol. The third kappa shape index (κ3) is 3.88. The number of benzene rings is 2. The molecule has 7 heteroatoms. The summed E-state index contributed by atoms with van der Waals surface area (Å²) in [6.07, 6.45) is 1.82. The maximum absolute atomic E-state index is 12.0. The smallest absolute Gasteiger partial charge is 0.244 e. The monoisotopic (exact) mass is 340 g/mol. The number of nitrogens with one attached hydrogen (secondary N) is 1. The first-order valence-electron chi connectivity index (χ1n) is 7.25. The van der Waals surface area contributed by atoms with Gasteiger partial charge in [0.1, 0.15) is 5.75 Å². The van der Waals surface area contributed by atoms with Gasteiger partial charge in [0, 0.05) is 0 Å². The molecular formula is C17H16N4O2S. The van der Waals surface area contributed by atoms with E-state index < -0.39 is 0 Å². The number of hydrazone groups is 1. The predicted octanol–water partition coefficient (Wildman–Crippen LogP) is 2.58. The number of ether oxygens (including phenoxy) is 1. The molecule has 1 aromatic heterocycles. The molecule has 2 aromatic carbocycles. The van der Waals surface area contributed by atoms with E-state index in [2.05, 4.69) is 15.5 Å². The molecule has 6 nitrogen and oxygen atoms in total. The third-order valence-electron chi connectivity index (χ3n) is 3.33. The van der Waals surface area contributed by atoms with Crippen LogP contribution < -0.4 is 15.9 Å². The molecule has 0 aliphatic rings. The molecule has 0 saturated heterocycles. The molecule has 3 N–H and O–H groups in total. The number of amides is 1. The zero-order chi connectivity index (χ0) is 16.9. The van der Waals surface area contributed by atoms with Crippen LogP contribution in [0.25, 0.3) is 10.2 Å². The zero-order valence-corrected chi connectivity index (χ0v) is 13.8. The van der Waals surface area contributed by atoms with Crippen molar-refractivity contribution in [2.24, 2.45) is 5.10 Å². The minimum atomic E-state index is -0.189. The summed E-state index contributed by atoms with van der Waals surface area (Å²) in [4.78, 5) is 16.2. The summed E-state index contributed by atoms with van der Waals surface area (Å²) < 4.78 is 6.11.